The van der Waals surface area contributed by atoms with Gasteiger partial charge in [0, 0.05) is 10.1 Å². The minimum atomic E-state index is -0.723. The Kier molecular flexibility index (Phi) is 4.76. The van der Waals surface area contributed by atoms with Gasteiger partial charge in [0.05, 0.1) is 17.7 Å². The van der Waals surface area contributed by atoms with Crippen LogP contribution in [0, 0.1) is 26.7 Å². The average Bonchev–Trinajstić information content (AvgIpc) is 2.47. The van der Waals surface area contributed by atoms with Crippen molar-refractivity contribution < 1.29 is 9.59 Å². The van der Waals surface area contributed by atoms with Crippen LogP contribution in [0.1, 0.15) is 19.8 Å². The number of carbonyl (C=O) groups excluding carboxylic acids is 2. The van der Waals surface area contributed by atoms with E-state index in [4.69, 9.17) is 5.26 Å². The SMILES string of the molecule is C[C@@H](C#N)C(=O)[C@H]1CCCN(c2ccccc2I)C1=O. The average molecular weight is 382 g/mol. The number of ketones is 1. The van der Waals surface area contributed by atoms with Gasteiger partial charge in [-0.2, -0.15) is 5.26 Å². The Balaban J connectivity index is 2.26. The quantitative estimate of drug-likeness (QED) is 0.597. The molecule has 0 N–H and O–H groups in total. The van der Waals surface area contributed by atoms with E-state index in [2.05, 4.69) is 22.6 Å². The molecule has 1 aromatic rings. The van der Waals surface area contributed by atoms with E-state index in [0.29, 0.717) is 13.0 Å². The molecule has 1 aliphatic heterocycles. The normalized spacial score (nSPS) is 20.4. The molecule has 0 spiro atoms. The highest BCUT2D eigenvalue weighted by Gasteiger charge is 2.37. The second kappa shape index (κ2) is 6.35. The topological polar surface area (TPSA) is 61.2 Å². The van der Waals surface area contributed by atoms with Crippen molar-refractivity contribution in [2.75, 3.05) is 11.4 Å². The summed E-state index contributed by atoms with van der Waals surface area (Å²) in [6.07, 6.45) is 1.33. The molecule has 2 rings (SSSR count). The molecule has 20 heavy (non-hydrogen) atoms. The summed E-state index contributed by atoms with van der Waals surface area (Å²) in [5.74, 6) is -1.83. The maximum absolute atomic E-state index is 12.5. The molecule has 0 aliphatic carbocycles. The molecule has 1 aromatic carbocycles. The summed E-state index contributed by atoms with van der Waals surface area (Å²) in [5.41, 5.74) is 0.847. The number of carbonyl (C=O) groups is 2. The van der Waals surface area contributed by atoms with Crippen molar-refractivity contribution in [3.05, 3.63) is 27.8 Å². The second-order valence-corrected chi connectivity index (χ2v) is 6.05. The molecular weight excluding hydrogens is 367 g/mol. The third kappa shape index (κ3) is 2.85. The zero-order valence-corrected chi connectivity index (χ0v) is 13.3. The van der Waals surface area contributed by atoms with Crippen LogP contribution in [0.4, 0.5) is 5.69 Å². The van der Waals surface area contributed by atoms with Crippen LogP contribution in [0.3, 0.4) is 0 Å². The van der Waals surface area contributed by atoms with Crippen LogP contribution in [-0.2, 0) is 9.59 Å². The molecule has 2 atom stereocenters. The number of amides is 1. The summed E-state index contributed by atoms with van der Waals surface area (Å²) in [5, 5.41) is 8.85. The van der Waals surface area contributed by atoms with E-state index in [9.17, 15) is 9.59 Å². The molecular formula is C15H15IN2O2. The van der Waals surface area contributed by atoms with E-state index >= 15 is 0 Å². The number of Topliss-reactive ketones (excluding diaryl/α,β-unsaturated/α-hetero) is 1. The van der Waals surface area contributed by atoms with E-state index in [1.807, 2.05) is 30.3 Å². The van der Waals surface area contributed by atoms with Gasteiger partial charge in [0.1, 0.15) is 5.92 Å². The van der Waals surface area contributed by atoms with Gasteiger partial charge >= 0.3 is 0 Å². The first-order valence-electron chi connectivity index (χ1n) is 6.55. The Morgan fingerprint density at radius 1 is 1.50 bits per heavy atom. The number of hydrogen-bond acceptors (Lipinski definition) is 3. The van der Waals surface area contributed by atoms with Crippen molar-refractivity contribution in [1.29, 1.82) is 5.26 Å². The summed E-state index contributed by atoms with van der Waals surface area (Å²) in [4.78, 5) is 26.3. The Morgan fingerprint density at radius 3 is 2.85 bits per heavy atom. The van der Waals surface area contributed by atoms with E-state index in [1.165, 1.54) is 0 Å². The van der Waals surface area contributed by atoms with Crippen LogP contribution < -0.4 is 4.90 Å². The predicted molar refractivity (Wildman–Crippen MR) is 84.0 cm³/mol. The van der Waals surface area contributed by atoms with Gasteiger partial charge in [-0.15, -0.1) is 0 Å². The summed E-state index contributed by atoms with van der Waals surface area (Å²) in [6, 6.07) is 9.55. The fraction of sp³-hybridized carbons (Fsp3) is 0.400. The van der Waals surface area contributed by atoms with Crippen molar-refractivity contribution >= 4 is 40.0 Å². The molecule has 4 nitrogen and oxygen atoms in total. The van der Waals surface area contributed by atoms with Gasteiger partial charge < -0.3 is 4.90 Å². The molecule has 1 fully saturated rings. The Labute approximate surface area is 131 Å². The minimum absolute atomic E-state index is 0.174. The fourth-order valence-electron chi connectivity index (χ4n) is 2.41. The first-order valence-corrected chi connectivity index (χ1v) is 7.63. The van der Waals surface area contributed by atoms with Gasteiger partial charge in [0.2, 0.25) is 5.91 Å². The molecule has 1 amide bonds. The highest BCUT2D eigenvalue weighted by Crippen LogP contribution is 2.29. The standard InChI is InChI=1S/C15H15IN2O2/c1-10(9-17)14(19)11-5-4-8-18(15(11)20)13-7-3-2-6-12(13)16/h2-3,6-7,10-11H,4-5,8H2,1H3/t10-,11+/m0/s1. The van der Waals surface area contributed by atoms with E-state index in [-0.39, 0.29) is 11.7 Å². The maximum atomic E-state index is 12.5. The third-order valence-electron chi connectivity index (χ3n) is 3.55. The third-order valence-corrected chi connectivity index (χ3v) is 4.46. The van der Waals surface area contributed by atoms with Crippen LogP contribution in [0.25, 0.3) is 0 Å². The lowest BCUT2D eigenvalue weighted by Gasteiger charge is -2.32. The number of piperidine rings is 1. The van der Waals surface area contributed by atoms with Crippen molar-refractivity contribution in [1.82, 2.24) is 0 Å². The van der Waals surface area contributed by atoms with Gasteiger partial charge in [-0.3, -0.25) is 9.59 Å². The number of rotatable bonds is 3. The Hall–Kier alpha value is -1.42. The molecule has 1 heterocycles. The first kappa shape index (κ1) is 15.0. The van der Waals surface area contributed by atoms with E-state index in [1.54, 1.807) is 11.8 Å². The summed E-state index contributed by atoms with van der Waals surface area (Å²) in [7, 11) is 0. The molecule has 0 radical (unpaired) electrons. The van der Waals surface area contributed by atoms with Gasteiger partial charge in [-0.05, 0) is 54.5 Å². The predicted octanol–water partition coefficient (Wildman–Crippen LogP) is 2.76. The van der Waals surface area contributed by atoms with Crippen molar-refractivity contribution in [2.45, 2.75) is 19.8 Å². The molecule has 0 bridgehead atoms. The van der Waals surface area contributed by atoms with Gasteiger partial charge in [0.25, 0.3) is 0 Å². The molecule has 104 valence electrons. The van der Waals surface area contributed by atoms with Crippen LogP contribution in [0.2, 0.25) is 0 Å². The van der Waals surface area contributed by atoms with Crippen LogP contribution in [-0.4, -0.2) is 18.2 Å². The lowest BCUT2D eigenvalue weighted by atomic mass is 9.87. The van der Waals surface area contributed by atoms with Gasteiger partial charge in [0.15, 0.2) is 5.78 Å². The summed E-state index contributed by atoms with van der Waals surface area (Å²) >= 11 is 2.19. The highest BCUT2D eigenvalue weighted by atomic mass is 127. The second-order valence-electron chi connectivity index (χ2n) is 4.89. The smallest absolute Gasteiger partial charge is 0.237 e. The van der Waals surface area contributed by atoms with Gasteiger partial charge in [-0.1, -0.05) is 12.1 Å². The zero-order valence-electron chi connectivity index (χ0n) is 11.2. The Bertz CT molecular complexity index is 579. The summed E-state index contributed by atoms with van der Waals surface area (Å²) < 4.78 is 0.986. The van der Waals surface area contributed by atoms with Crippen LogP contribution in [0.5, 0.6) is 0 Å². The lowest BCUT2D eigenvalue weighted by molar-refractivity contribution is -0.135. The number of anilines is 1. The lowest BCUT2D eigenvalue weighted by Crippen LogP contribution is -2.45. The molecule has 5 heteroatoms. The molecule has 1 aliphatic rings. The van der Waals surface area contributed by atoms with Crippen molar-refractivity contribution in [3.8, 4) is 6.07 Å². The number of benzene rings is 1. The molecule has 0 aromatic heterocycles. The fourth-order valence-corrected chi connectivity index (χ4v) is 3.09. The first-order chi connectivity index (χ1) is 9.56. The summed E-state index contributed by atoms with van der Waals surface area (Å²) in [6.45, 7) is 2.18. The maximum Gasteiger partial charge on any atom is 0.237 e. The van der Waals surface area contributed by atoms with E-state index < -0.39 is 11.8 Å². The number of hydrogen-bond donors (Lipinski definition) is 0. The van der Waals surface area contributed by atoms with E-state index in [0.717, 1.165) is 15.7 Å². The molecule has 0 saturated carbocycles. The number of para-hydroxylation sites is 1. The Morgan fingerprint density at radius 2 is 2.20 bits per heavy atom. The highest BCUT2D eigenvalue weighted by molar-refractivity contribution is 14.1. The number of nitrogens with zero attached hydrogens (tertiary/aromatic N) is 2. The molecule has 1 saturated heterocycles. The minimum Gasteiger partial charge on any atom is -0.311 e. The van der Waals surface area contributed by atoms with Crippen LogP contribution in [0.15, 0.2) is 24.3 Å². The largest absolute Gasteiger partial charge is 0.311 e. The zero-order chi connectivity index (χ0) is 14.7. The monoisotopic (exact) mass is 382 g/mol. The van der Waals surface area contributed by atoms with Crippen molar-refractivity contribution in [3.63, 3.8) is 0 Å². The van der Waals surface area contributed by atoms with Crippen molar-refractivity contribution in [2.24, 2.45) is 11.8 Å². The van der Waals surface area contributed by atoms with Crippen LogP contribution >= 0.6 is 22.6 Å². The number of nitriles is 1. The molecule has 0 unspecified atom stereocenters. The number of halogens is 1. The van der Waals surface area contributed by atoms with Gasteiger partial charge in [-0.25, -0.2) is 0 Å².